The first-order valence-corrected chi connectivity index (χ1v) is 5.49. The van der Waals surface area contributed by atoms with E-state index in [0.717, 1.165) is 12.1 Å². The maximum atomic E-state index is 11.6. The van der Waals surface area contributed by atoms with Crippen LogP contribution in [0.5, 0.6) is 0 Å². The summed E-state index contributed by atoms with van der Waals surface area (Å²) in [6, 6.07) is 9.06. The molecule has 0 fully saturated rings. The van der Waals surface area contributed by atoms with Gasteiger partial charge in [-0.15, -0.1) is 0 Å². The number of nitrogens with one attached hydrogen (secondary N) is 2. The Morgan fingerprint density at radius 1 is 1.38 bits per heavy atom. The number of urea groups is 1. The van der Waals surface area contributed by atoms with Crippen molar-refractivity contribution in [2.24, 2.45) is 0 Å². The third kappa shape index (κ3) is 4.31. The van der Waals surface area contributed by atoms with Crippen molar-refractivity contribution < 1.29 is 9.90 Å². The highest BCUT2D eigenvalue weighted by molar-refractivity contribution is 5.89. The first-order chi connectivity index (χ1) is 7.76. The first kappa shape index (κ1) is 12.5. The molecule has 88 valence electrons. The lowest BCUT2D eigenvalue weighted by Crippen LogP contribution is -2.38. The number of amides is 2. The summed E-state index contributed by atoms with van der Waals surface area (Å²) in [4.78, 5) is 11.6. The molecule has 1 aromatic carbocycles. The molecular weight excluding hydrogens is 204 g/mol. The minimum absolute atomic E-state index is 0.0220. The fourth-order valence-electron chi connectivity index (χ4n) is 1.41. The Morgan fingerprint density at radius 2 is 2.06 bits per heavy atom. The second-order valence-corrected chi connectivity index (χ2v) is 3.58. The van der Waals surface area contributed by atoms with Gasteiger partial charge in [-0.05, 0) is 25.0 Å². The lowest BCUT2D eigenvalue weighted by molar-refractivity contribution is 0.237. The summed E-state index contributed by atoms with van der Waals surface area (Å²) in [6.45, 7) is 2.06. The van der Waals surface area contributed by atoms with E-state index in [1.807, 2.05) is 37.3 Å². The minimum atomic E-state index is -0.230. The van der Waals surface area contributed by atoms with Crippen molar-refractivity contribution in [3.63, 3.8) is 0 Å². The number of rotatable bonds is 5. The SMILES string of the molecule is CCC(CCO)NC(=O)Nc1ccccc1. The van der Waals surface area contributed by atoms with Crippen molar-refractivity contribution in [1.82, 2.24) is 5.32 Å². The Labute approximate surface area is 95.7 Å². The molecule has 0 aliphatic rings. The van der Waals surface area contributed by atoms with Gasteiger partial charge in [-0.1, -0.05) is 25.1 Å². The summed E-state index contributed by atoms with van der Waals surface area (Å²) >= 11 is 0. The molecule has 0 aliphatic carbocycles. The van der Waals surface area contributed by atoms with Gasteiger partial charge in [0.05, 0.1) is 0 Å². The van der Waals surface area contributed by atoms with Crippen molar-refractivity contribution in [1.29, 1.82) is 0 Å². The van der Waals surface area contributed by atoms with Crippen molar-refractivity contribution in [2.45, 2.75) is 25.8 Å². The molecule has 1 atom stereocenters. The molecule has 0 spiro atoms. The Balaban J connectivity index is 2.41. The van der Waals surface area contributed by atoms with E-state index in [4.69, 9.17) is 5.11 Å². The molecule has 16 heavy (non-hydrogen) atoms. The normalized spacial score (nSPS) is 11.9. The van der Waals surface area contributed by atoms with Crippen LogP contribution < -0.4 is 10.6 Å². The van der Waals surface area contributed by atoms with Crippen molar-refractivity contribution in [3.05, 3.63) is 30.3 Å². The summed E-state index contributed by atoms with van der Waals surface area (Å²) in [6.07, 6.45) is 1.39. The zero-order valence-electron chi connectivity index (χ0n) is 9.44. The second kappa shape index (κ2) is 6.85. The fraction of sp³-hybridized carbons (Fsp3) is 0.417. The van der Waals surface area contributed by atoms with Crippen LogP contribution >= 0.6 is 0 Å². The highest BCUT2D eigenvalue weighted by Gasteiger charge is 2.09. The van der Waals surface area contributed by atoms with Gasteiger partial charge in [0.15, 0.2) is 0 Å². The molecule has 4 nitrogen and oxygen atoms in total. The van der Waals surface area contributed by atoms with Gasteiger partial charge in [-0.2, -0.15) is 0 Å². The van der Waals surface area contributed by atoms with Crippen LogP contribution in [-0.4, -0.2) is 23.8 Å². The van der Waals surface area contributed by atoms with E-state index in [9.17, 15) is 4.79 Å². The molecule has 0 saturated carbocycles. The standard InChI is InChI=1S/C12H18N2O2/c1-2-10(8-9-15)13-12(16)14-11-6-4-3-5-7-11/h3-7,10,15H,2,8-9H2,1H3,(H2,13,14,16). The van der Waals surface area contributed by atoms with E-state index >= 15 is 0 Å². The summed E-state index contributed by atoms with van der Waals surface area (Å²) in [5.74, 6) is 0. The molecule has 1 aromatic rings. The fourth-order valence-corrected chi connectivity index (χ4v) is 1.41. The van der Waals surface area contributed by atoms with Gasteiger partial charge in [-0.25, -0.2) is 4.79 Å². The van der Waals surface area contributed by atoms with Crippen LogP contribution in [0.2, 0.25) is 0 Å². The topological polar surface area (TPSA) is 61.4 Å². The van der Waals surface area contributed by atoms with Crippen LogP contribution in [-0.2, 0) is 0 Å². The van der Waals surface area contributed by atoms with E-state index in [2.05, 4.69) is 10.6 Å². The molecule has 0 aliphatic heterocycles. The number of para-hydroxylation sites is 1. The Hall–Kier alpha value is -1.55. The van der Waals surface area contributed by atoms with E-state index in [-0.39, 0.29) is 18.7 Å². The maximum absolute atomic E-state index is 11.6. The van der Waals surface area contributed by atoms with Gasteiger partial charge in [0, 0.05) is 18.3 Å². The van der Waals surface area contributed by atoms with Crippen molar-refractivity contribution in [2.75, 3.05) is 11.9 Å². The predicted molar refractivity (Wildman–Crippen MR) is 64.4 cm³/mol. The molecule has 2 amide bonds. The maximum Gasteiger partial charge on any atom is 0.319 e. The first-order valence-electron chi connectivity index (χ1n) is 5.49. The number of carbonyl (C=O) groups excluding carboxylic acids is 1. The molecule has 0 saturated heterocycles. The lowest BCUT2D eigenvalue weighted by atomic mass is 10.2. The summed E-state index contributed by atoms with van der Waals surface area (Å²) in [5, 5.41) is 14.3. The molecule has 0 radical (unpaired) electrons. The molecule has 1 unspecified atom stereocenters. The number of benzene rings is 1. The molecule has 0 aromatic heterocycles. The quantitative estimate of drug-likeness (QED) is 0.713. The van der Waals surface area contributed by atoms with Gasteiger partial charge in [-0.3, -0.25) is 0 Å². The number of hydrogen-bond donors (Lipinski definition) is 3. The van der Waals surface area contributed by atoms with Crippen LogP contribution in [0.4, 0.5) is 10.5 Å². The molecule has 4 heteroatoms. The third-order valence-electron chi connectivity index (χ3n) is 2.34. The molecule has 3 N–H and O–H groups in total. The third-order valence-corrected chi connectivity index (χ3v) is 2.34. The van der Waals surface area contributed by atoms with E-state index < -0.39 is 0 Å². The van der Waals surface area contributed by atoms with Crippen LogP contribution in [0.15, 0.2) is 30.3 Å². The highest BCUT2D eigenvalue weighted by Crippen LogP contribution is 2.05. The highest BCUT2D eigenvalue weighted by atomic mass is 16.3. The summed E-state index contributed by atoms with van der Waals surface area (Å²) < 4.78 is 0. The van der Waals surface area contributed by atoms with Crippen LogP contribution in [0.1, 0.15) is 19.8 Å². The Morgan fingerprint density at radius 3 is 2.62 bits per heavy atom. The van der Waals surface area contributed by atoms with Crippen molar-refractivity contribution >= 4 is 11.7 Å². The monoisotopic (exact) mass is 222 g/mol. The summed E-state index contributed by atoms with van der Waals surface area (Å²) in [7, 11) is 0. The second-order valence-electron chi connectivity index (χ2n) is 3.58. The van der Waals surface area contributed by atoms with Gasteiger partial charge >= 0.3 is 6.03 Å². The van der Waals surface area contributed by atoms with E-state index in [0.29, 0.717) is 6.42 Å². The van der Waals surface area contributed by atoms with Crippen LogP contribution in [0, 0.1) is 0 Å². The molecule has 0 heterocycles. The zero-order valence-corrected chi connectivity index (χ0v) is 9.44. The van der Waals surface area contributed by atoms with E-state index in [1.165, 1.54) is 0 Å². The Kier molecular flexibility index (Phi) is 5.36. The Bertz CT molecular complexity index is 314. The number of anilines is 1. The zero-order chi connectivity index (χ0) is 11.8. The minimum Gasteiger partial charge on any atom is -0.396 e. The molecule has 1 rings (SSSR count). The van der Waals surface area contributed by atoms with E-state index in [1.54, 1.807) is 0 Å². The van der Waals surface area contributed by atoms with Gasteiger partial charge in [0.2, 0.25) is 0 Å². The number of hydrogen-bond acceptors (Lipinski definition) is 2. The molecular formula is C12H18N2O2. The number of aliphatic hydroxyl groups is 1. The molecule has 0 bridgehead atoms. The van der Waals surface area contributed by atoms with Gasteiger partial charge < -0.3 is 15.7 Å². The number of carbonyl (C=O) groups is 1. The number of aliphatic hydroxyl groups excluding tert-OH is 1. The van der Waals surface area contributed by atoms with Crippen molar-refractivity contribution in [3.8, 4) is 0 Å². The smallest absolute Gasteiger partial charge is 0.319 e. The predicted octanol–water partition coefficient (Wildman–Crippen LogP) is 1.97. The largest absolute Gasteiger partial charge is 0.396 e. The lowest BCUT2D eigenvalue weighted by Gasteiger charge is -2.16. The van der Waals surface area contributed by atoms with Gasteiger partial charge in [0.25, 0.3) is 0 Å². The average Bonchev–Trinajstić information content (AvgIpc) is 2.29. The van der Waals surface area contributed by atoms with Gasteiger partial charge in [0.1, 0.15) is 0 Å². The van der Waals surface area contributed by atoms with Crippen LogP contribution in [0.3, 0.4) is 0 Å². The average molecular weight is 222 g/mol. The van der Waals surface area contributed by atoms with Crippen LogP contribution in [0.25, 0.3) is 0 Å². The summed E-state index contributed by atoms with van der Waals surface area (Å²) in [5.41, 5.74) is 0.763.